The normalized spacial score (nSPS) is 17.3. The summed E-state index contributed by atoms with van der Waals surface area (Å²) < 4.78 is 20.4. The highest BCUT2D eigenvalue weighted by molar-refractivity contribution is 9.10. The Morgan fingerprint density at radius 2 is 2.04 bits per heavy atom. The first kappa shape index (κ1) is 16.7. The van der Waals surface area contributed by atoms with Crippen LogP contribution in [0.15, 0.2) is 45.5 Å². The number of furan rings is 1. The first-order valence-corrected chi connectivity index (χ1v) is 8.95. The summed E-state index contributed by atoms with van der Waals surface area (Å²) in [5, 5.41) is 3.39. The quantitative estimate of drug-likeness (QED) is 0.799. The molecule has 1 unspecified atom stereocenters. The fourth-order valence-electron chi connectivity index (χ4n) is 3.14. The lowest BCUT2D eigenvalue weighted by atomic mass is 10.1. The smallest absolute Gasteiger partial charge is 0.127 e. The van der Waals surface area contributed by atoms with Gasteiger partial charge in [-0.1, -0.05) is 22.4 Å². The van der Waals surface area contributed by atoms with E-state index in [9.17, 15) is 4.39 Å². The zero-order valence-electron chi connectivity index (χ0n) is 13.1. The number of likely N-dealkylation sites (tertiary alicyclic amines) is 1. The number of benzene rings is 1. The molecule has 5 heteroatoms. The summed E-state index contributed by atoms with van der Waals surface area (Å²) in [5.74, 6) is 0.808. The van der Waals surface area contributed by atoms with Crippen LogP contribution in [-0.4, -0.2) is 24.5 Å². The van der Waals surface area contributed by atoms with Gasteiger partial charge < -0.3 is 9.73 Å². The third-order valence-corrected chi connectivity index (χ3v) is 4.86. The van der Waals surface area contributed by atoms with Gasteiger partial charge in [0.25, 0.3) is 0 Å². The Morgan fingerprint density at radius 3 is 2.78 bits per heavy atom. The largest absolute Gasteiger partial charge is 0.468 e. The van der Waals surface area contributed by atoms with E-state index in [1.54, 1.807) is 12.3 Å². The van der Waals surface area contributed by atoms with Crippen molar-refractivity contribution >= 4 is 15.9 Å². The molecule has 3 rings (SSSR count). The molecule has 1 atom stereocenters. The summed E-state index contributed by atoms with van der Waals surface area (Å²) in [6, 6.07) is 9.21. The van der Waals surface area contributed by atoms with E-state index in [0.717, 1.165) is 29.9 Å². The lowest BCUT2D eigenvalue weighted by Crippen LogP contribution is -2.38. The molecule has 23 heavy (non-hydrogen) atoms. The Hall–Kier alpha value is -1.17. The van der Waals surface area contributed by atoms with E-state index in [-0.39, 0.29) is 11.9 Å². The molecule has 0 amide bonds. The van der Waals surface area contributed by atoms with E-state index in [0.29, 0.717) is 12.1 Å². The summed E-state index contributed by atoms with van der Waals surface area (Å²) >= 11 is 3.39. The van der Waals surface area contributed by atoms with Crippen LogP contribution >= 0.6 is 15.9 Å². The number of nitrogens with zero attached hydrogens (tertiary/aromatic N) is 1. The van der Waals surface area contributed by atoms with Crippen LogP contribution in [0, 0.1) is 5.82 Å². The second-order valence-electron chi connectivity index (χ2n) is 5.99. The average molecular weight is 381 g/mol. The van der Waals surface area contributed by atoms with Gasteiger partial charge in [0.05, 0.1) is 12.3 Å². The highest BCUT2D eigenvalue weighted by Gasteiger charge is 2.24. The van der Waals surface area contributed by atoms with Crippen molar-refractivity contribution < 1.29 is 8.81 Å². The van der Waals surface area contributed by atoms with Crippen LogP contribution in [0.5, 0.6) is 0 Å². The minimum absolute atomic E-state index is 0.173. The van der Waals surface area contributed by atoms with Crippen LogP contribution in [0.2, 0.25) is 0 Å². The maximum absolute atomic E-state index is 13.8. The lowest BCUT2D eigenvalue weighted by molar-refractivity contribution is 0.142. The molecule has 1 N–H and O–H groups in total. The Balaban J connectivity index is 1.63. The molecule has 124 valence electrons. The number of hydrogen-bond donors (Lipinski definition) is 1. The molecule has 1 aliphatic rings. The Labute approximate surface area is 145 Å². The van der Waals surface area contributed by atoms with E-state index in [4.69, 9.17) is 4.42 Å². The molecule has 3 nitrogen and oxygen atoms in total. The molecular weight excluding hydrogens is 359 g/mol. The summed E-state index contributed by atoms with van der Waals surface area (Å²) in [7, 11) is 0. The van der Waals surface area contributed by atoms with Gasteiger partial charge in [0.2, 0.25) is 0 Å². The molecule has 1 aromatic carbocycles. The van der Waals surface area contributed by atoms with Gasteiger partial charge in [0.15, 0.2) is 0 Å². The Kier molecular flexibility index (Phi) is 5.86. The average Bonchev–Trinajstić information content (AvgIpc) is 3.09. The third kappa shape index (κ3) is 4.43. The summed E-state index contributed by atoms with van der Waals surface area (Å²) in [6.45, 7) is 3.45. The van der Waals surface area contributed by atoms with E-state index < -0.39 is 0 Å². The lowest BCUT2D eigenvalue weighted by Gasteiger charge is -2.33. The number of halogens is 2. The molecule has 1 saturated heterocycles. The second-order valence-corrected chi connectivity index (χ2v) is 6.91. The van der Waals surface area contributed by atoms with Crippen molar-refractivity contribution in [2.45, 2.75) is 31.8 Å². The standard InChI is InChI=1S/C18H22BrFN2O/c19-15-6-7-16(20)14(11-15)12-21-13-17(18-5-4-10-23-18)22-8-2-1-3-9-22/h4-7,10-11,17,21H,1-3,8-9,12-13H2. The molecule has 1 fully saturated rings. The van der Waals surface area contributed by atoms with Crippen LogP contribution in [0.25, 0.3) is 0 Å². The first-order chi connectivity index (χ1) is 11.2. The molecule has 0 bridgehead atoms. The number of hydrogen-bond acceptors (Lipinski definition) is 3. The van der Waals surface area contributed by atoms with E-state index >= 15 is 0 Å². The zero-order chi connectivity index (χ0) is 16.1. The van der Waals surface area contributed by atoms with Gasteiger partial charge in [-0.2, -0.15) is 0 Å². The second kappa shape index (κ2) is 8.08. The van der Waals surface area contributed by atoms with Crippen LogP contribution in [0.4, 0.5) is 4.39 Å². The predicted octanol–water partition coefficient (Wildman–Crippen LogP) is 4.50. The number of piperidine rings is 1. The van der Waals surface area contributed by atoms with Crippen LogP contribution in [0.3, 0.4) is 0 Å². The van der Waals surface area contributed by atoms with E-state index in [2.05, 4.69) is 26.1 Å². The van der Waals surface area contributed by atoms with Gasteiger partial charge in [-0.25, -0.2) is 4.39 Å². The third-order valence-electron chi connectivity index (χ3n) is 4.36. The van der Waals surface area contributed by atoms with Crippen molar-refractivity contribution in [1.29, 1.82) is 0 Å². The highest BCUT2D eigenvalue weighted by atomic mass is 79.9. The van der Waals surface area contributed by atoms with Crippen LogP contribution in [-0.2, 0) is 6.54 Å². The van der Waals surface area contributed by atoms with Gasteiger partial charge in [0, 0.05) is 23.1 Å². The van der Waals surface area contributed by atoms with Crippen molar-refractivity contribution in [1.82, 2.24) is 10.2 Å². The minimum atomic E-state index is -0.173. The van der Waals surface area contributed by atoms with Crippen molar-refractivity contribution in [3.05, 3.63) is 58.2 Å². The number of rotatable bonds is 6. The molecule has 0 saturated carbocycles. The van der Waals surface area contributed by atoms with Crippen molar-refractivity contribution in [3.8, 4) is 0 Å². The maximum atomic E-state index is 13.8. The topological polar surface area (TPSA) is 28.4 Å². The van der Waals surface area contributed by atoms with Crippen molar-refractivity contribution in [2.24, 2.45) is 0 Å². The number of nitrogens with one attached hydrogen (secondary N) is 1. The van der Waals surface area contributed by atoms with Gasteiger partial charge in [-0.3, -0.25) is 4.90 Å². The van der Waals surface area contributed by atoms with Crippen molar-refractivity contribution in [3.63, 3.8) is 0 Å². The first-order valence-electron chi connectivity index (χ1n) is 8.16. The zero-order valence-corrected chi connectivity index (χ0v) is 14.7. The highest BCUT2D eigenvalue weighted by Crippen LogP contribution is 2.24. The van der Waals surface area contributed by atoms with E-state index in [1.165, 1.54) is 25.3 Å². The summed E-state index contributed by atoms with van der Waals surface area (Å²) in [4.78, 5) is 2.46. The predicted molar refractivity (Wildman–Crippen MR) is 92.7 cm³/mol. The molecule has 2 aromatic rings. The van der Waals surface area contributed by atoms with E-state index in [1.807, 2.05) is 18.2 Å². The Bertz CT molecular complexity index is 611. The molecule has 0 aliphatic carbocycles. The monoisotopic (exact) mass is 380 g/mol. The molecule has 2 heterocycles. The summed E-state index contributed by atoms with van der Waals surface area (Å²) in [6.07, 6.45) is 5.49. The fraction of sp³-hybridized carbons (Fsp3) is 0.444. The van der Waals surface area contributed by atoms with Crippen molar-refractivity contribution in [2.75, 3.05) is 19.6 Å². The minimum Gasteiger partial charge on any atom is -0.468 e. The maximum Gasteiger partial charge on any atom is 0.127 e. The molecular formula is C18H22BrFN2O. The molecule has 1 aromatic heterocycles. The fourth-order valence-corrected chi connectivity index (χ4v) is 3.55. The van der Waals surface area contributed by atoms with Gasteiger partial charge >= 0.3 is 0 Å². The molecule has 0 radical (unpaired) electrons. The SMILES string of the molecule is Fc1ccc(Br)cc1CNCC(c1ccco1)N1CCCCC1. The summed E-state index contributed by atoms with van der Waals surface area (Å²) in [5.41, 5.74) is 0.677. The van der Waals surface area contributed by atoms with Crippen LogP contribution < -0.4 is 5.32 Å². The van der Waals surface area contributed by atoms with Gasteiger partial charge in [0.1, 0.15) is 11.6 Å². The van der Waals surface area contributed by atoms with Gasteiger partial charge in [-0.15, -0.1) is 0 Å². The molecule has 0 spiro atoms. The molecule has 1 aliphatic heterocycles. The van der Waals surface area contributed by atoms with Gasteiger partial charge in [-0.05, 0) is 56.3 Å². The van der Waals surface area contributed by atoms with Crippen LogP contribution in [0.1, 0.15) is 36.6 Å². The Morgan fingerprint density at radius 1 is 1.22 bits per heavy atom.